The molecule has 90 valence electrons. The summed E-state index contributed by atoms with van der Waals surface area (Å²) in [5.74, 6) is -1.62. The number of benzene rings is 2. The van der Waals surface area contributed by atoms with E-state index in [1.54, 1.807) is 19.1 Å². The van der Waals surface area contributed by atoms with Gasteiger partial charge in [-0.05, 0) is 30.7 Å². The van der Waals surface area contributed by atoms with Crippen molar-refractivity contribution in [3.05, 3.63) is 53.6 Å². The fourth-order valence-corrected chi connectivity index (χ4v) is 2.78. The molecule has 1 nitrogen and oxygen atoms in total. The molecule has 4 heteroatoms. The standard InChI is InChI=1S/C14H9F2NS/c1-8-6-7-9(13(16)12(8)15)14-17-10-4-2-3-5-11(10)18-14/h2-7H,1H3. The first kappa shape index (κ1) is 11.3. The first-order valence-corrected chi connectivity index (χ1v) is 6.29. The van der Waals surface area contributed by atoms with Crippen molar-refractivity contribution in [2.75, 3.05) is 0 Å². The van der Waals surface area contributed by atoms with Crippen LogP contribution < -0.4 is 0 Å². The van der Waals surface area contributed by atoms with Crippen LogP contribution in [0.25, 0.3) is 20.8 Å². The number of hydrogen-bond donors (Lipinski definition) is 0. The Hall–Kier alpha value is -1.81. The fourth-order valence-electron chi connectivity index (χ4n) is 1.80. The second-order valence-corrected chi connectivity index (χ2v) is 5.08. The summed E-state index contributed by atoms with van der Waals surface area (Å²) in [6, 6.07) is 10.7. The summed E-state index contributed by atoms with van der Waals surface area (Å²) < 4.78 is 28.4. The van der Waals surface area contributed by atoms with Crippen molar-refractivity contribution >= 4 is 21.6 Å². The molecule has 0 aliphatic rings. The van der Waals surface area contributed by atoms with E-state index in [1.807, 2.05) is 24.3 Å². The van der Waals surface area contributed by atoms with Crippen LogP contribution in [-0.4, -0.2) is 4.98 Å². The fraction of sp³-hybridized carbons (Fsp3) is 0.0714. The summed E-state index contributed by atoms with van der Waals surface area (Å²) in [6.45, 7) is 1.54. The molecule has 0 saturated carbocycles. The van der Waals surface area contributed by atoms with Crippen molar-refractivity contribution in [2.24, 2.45) is 0 Å². The van der Waals surface area contributed by atoms with Gasteiger partial charge in [-0.15, -0.1) is 11.3 Å². The monoisotopic (exact) mass is 261 g/mol. The van der Waals surface area contributed by atoms with Gasteiger partial charge < -0.3 is 0 Å². The zero-order chi connectivity index (χ0) is 12.7. The smallest absolute Gasteiger partial charge is 0.169 e. The van der Waals surface area contributed by atoms with E-state index in [1.165, 1.54) is 11.3 Å². The van der Waals surface area contributed by atoms with Crippen LogP contribution in [0.15, 0.2) is 36.4 Å². The topological polar surface area (TPSA) is 12.9 Å². The van der Waals surface area contributed by atoms with Crippen LogP contribution in [0.4, 0.5) is 8.78 Å². The van der Waals surface area contributed by atoms with Crippen molar-refractivity contribution in [2.45, 2.75) is 6.92 Å². The number of nitrogens with zero attached hydrogens (tertiary/aromatic N) is 1. The Morgan fingerprint density at radius 3 is 2.56 bits per heavy atom. The minimum atomic E-state index is -0.825. The van der Waals surface area contributed by atoms with Crippen molar-refractivity contribution in [3.63, 3.8) is 0 Å². The molecule has 0 aliphatic heterocycles. The van der Waals surface area contributed by atoms with Crippen LogP contribution in [0, 0.1) is 18.6 Å². The molecule has 0 radical (unpaired) electrons. The van der Waals surface area contributed by atoms with E-state index in [9.17, 15) is 8.78 Å². The largest absolute Gasteiger partial charge is 0.236 e. The van der Waals surface area contributed by atoms with E-state index >= 15 is 0 Å². The maximum Gasteiger partial charge on any atom is 0.169 e. The first-order chi connectivity index (χ1) is 8.66. The highest BCUT2D eigenvalue weighted by molar-refractivity contribution is 7.21. The van der Waals surface area contributed by atoms with Crippen LogP contribution in [0.1, 0.15) is 5.56 Å². The number of thiazole rings is 1. The molecule has 2 aromatic carbocycles. The highest BCUT2D eigenvalue weighted by Gasteiger charge is 2.15. The summed E-state index contributed by atoms with van der Waals surface area (Å²) in [5.41, 5.74) is 1.33. The predicted octanol–water partition coefficient (Wildman–Crippen LogP) is 4.55. The molecule has 0 saturated heterocycles. The molecule has 0 aliphatic carbocycles. The van der Waals surface area contributed by atoms with Crippen LogP contribution in [0.5, 0.6) is 0 Å². The number of para-hydroxylation sites is 1. The average Bonchev–Trinajstić information content (AvgIpc) is 2.79. The molecule has 0 unspecified atom stereocenters. The van der Waals surface area contributed by atoms with Gasteiger partial charge in [-0.25, -0.2) is 13.8 Å². The van der Waals surface area contributed by atoms with E-state index in [-0.39, 0.29) is 5.56 Å². The SMILES string of the molecule is Cc1ccc(-c2nc3ccccc3s2)c(F)c1F. The Morgan fingerprint density at radius 1 is 1.00 bits per heavy atom. The molecule has 1 aromatic heterocycles. The van der Waals surface area contributed by atoms with E-state index in [2.05, 4.69) is 4.98 Å². The van der Waals surface area contributed by atoms with Gasteiger partial charge in [0.25, 0.3) is 0 Å². The summed E-state index contributed by atoms with van der Waals surface area (Å²) in [6.07, 6.45) is 0. The zero-order valence-electron chi connectivity index (χ0n) is 9.58. The van der Waals surface area contributed by atoms with E-state index in [4.69, 9.17) is 0 Å². The maximum atomic E-state index is 13.9. The van der Waals surface area contributed by atoms with Gasteiger partial charge in [0, 0.05) is 5.56 Å². The molecule has 3 aromatic rings. The lowest BCUT2D eigenvalue weighted by Gasteiger charge is -2.02. The van der Waals surface area contributed by atoms with Gasteiger partial charge in [0.05, 0.1) is 10.2 Å². The second-order valence-electron chi connectivity index (χ2n) is 4.04. The number of halogens is 2. The molecular weight excluding hydrogens is 252 g/mol. The third-order valence-electron chi connectivity index (χ3n) is 2.80. The van der Waals surface area contributed by atoms with Gasteiger partial charge in [0.1, 0.15) is 5.01 Å². The van der Waals surface area contributed by atoms with Crippen LogP contribution in [0.2, 0.25) is 0 Å². The number of rotatable bonds is 1. The quantitative estimate of drug-likeness (QED) is 0.626. The maximum absolute atomic E-state index is 13.9. The molecule has 0 fully saturated rings. The Labute approximate surface area is 107 Å². The third-order valence-corrected chi connectivity index (χ3v) is 3.87. The summed E-state index contributed by atoms with van der Waals surface area (Å²) in [5, 5.41) is 0.507. The Bertz CT molecular complexity index is 701. The molecular formula is C14H9F2NS. The minimum absolute atomic E-state index is 0.222. The van der Waals surface area contributed by atoms with Crippen molar-refractivity contribution in [1.82, 2.24) is 4.98 Å². The number of hydrogen-bond acceptors (Lipinski definition) is 2. The lowest BCUT2D eigenvalue weighted by atomic mass is 10.1. The van der Waals surface area contributed by atoms with Gasteiger partial charge >= 0.3 is 0 Å². The van der Waals surface area contributed by atoms with Crippen molar-refractivity contribution in [1.29, 1.82) is 0 Å². The molecule has 3 rings (SSSR count). The summed E-state index contributed by atoms with van der Waals surface area (Å²) in [7, 11) is 0. The minimum Gasteiger partial charge on any atom is -0.236 e. The van der Waals surface area contributed by atoms with E-state index in [0.717, 1.165) is 10.2 Å². The Morgan fingerprint density at radius 2 is 1.78 bits per heavy atom. The van der Waals surface area contributed by atoms with Crippen molar-refractivity contribution in [3.8, 4) is 10.6 Å². The van der Waals surface area contributed by atoms with Crippen LogP contribution in [-0.2, 0) is 0 Å². The molecule has 0 bridgehead atoms. The predicted molar refractivity (Wildman–Crippen MR) is 69.7 cm³/mol. The number of fused-ring (bicyclic) bond motifs is 1. The van der Waals surface area contributed by atoms with Gasteiger partial charge in [-0.1, -0.05) is 18.2 Å². The molecule has 0 N–H and O–H groups in total. The second kappa shape index (κ2) is 4.14. The van der Waals surface area contributed by atoms with Gasteiger partial charge in [0.15, 0.2) is 11.6 Å². The average molecular weight is 261 g/mol. The molecule has 0 amide bonds. The lowest BCUT2D eigenvalue weighted by molar-refractivity contribution is 0.505. The highest BCUT2D eigenvalue weighted by Crippen LogP contribution is 2.32. The van der Waals surface area contributed by atoms with Crippen LogP contribution in [0.3, 0.4) is 0 Å². The van der Waals surface area contributed by atoms with Gasteiger partial charge in [-0.2, -0.15) is 0 Å². The normalized spacial score (nSPS) is 11.1. The first-order valence-electron chi connectivity index (χ1n) is 5.47. The molecule has 0 atom stereocenters. The third kappa shape index (κ3) is 1.69. The number of aryl methyl sites for hydroxylation is 1. The van der Waals surface area contributed by atoms with E-state index in [0.29, 0.717) is 10.6 Å². The van der Waals surface area contributed by atoms with Gasteiger partial charge in [0.2, 0.25) is 0 Å². The van der Waals surface area contributed by atoms with E-state index < -0.39 is 11.6 Å². The van der Waals surface area contributed by atoms with Gasteiger partial charge in [-0.3, -0.25) is 0 Å². The Kier molecular flexibility index (Phi) is 2.59. The lowest BCUT2D eigenvalue weighted by Crippen LogP contribution is -1.92. The highest BCUT2D eigenvalue weighted by atomic mass is 32.1. The Balaban J connectivity index is 2.23. The van der Waals surface area contributed by atoms with Crippen LogP contribution >= 0.6 is 11.3 Å². The summed E-state index contributed by atoms with van der Waals surface area (Å²) >= 11 is 1.36. The zero-order valence-corrected chi connectivity index (χ0v) is 10.4. The number of aromatic nitrogens is 1. The molecule has 0 spiro atoms. The van der Waals surface area contributed by atoms with Crippen molar-refractivity contribution < 1.29 is 8.78 Å². The molecule has 18 heavy (non-hydrogen) atoms. The molecule has 1 heterocycles. The summed E-state index contributed by atoms with van der Waals surface area (Å²) in [4.78, 5) is 4.33.